The lowest BCUT2D eigenvalue weighted by Gasteiger charge is -2.35. The highest BCUT2D eigenvalue weighted by molar-refractivity contribution is 4.86. The van der Waals surface area contributed by atoms with Crippen molar-refractivity contribution in [2.75, 3.05) is 6.54 Å². The average molecular weight is 115 g/mol. The lowest BCUT2D eigenvalue weighted by Crippen LogP contribution is -2.51. The molecule has 1 nitrogen and oxygen atoms in total. The molecule has 0 bridgehead atoms. The van der Waals surface area contributed by atoms with E-state index in [1.165, 1.54) is 13.0 Å². The van der Waals surface area contributed by atoms with Gasteiger partial charge in [-0.25, -0.2) is 0 Å². The van der Waals surface area contributed by atoms with Crippen molar-refractivity contribution in [1.82, 2.24) is 5.32 Å². The van der Waals surface area contributed by atoms with Crippen LogP contribution in [-0.2, 0) is 0 Å². The summed E-state index contributed by atoms with van der Waals surface area (Å²) in [6.07, 6.45) is 1.34. The maximum atomic E-state index is 3.28. The predicted octanol–water partition coefficient (Wildman–Crippen LogP) is 1.78. The Hall–Kier alpha value is -0.0400. The van der Waals surface area contributed by atoms with Crippen LogP contribution in [0.15, 0.2) is 0 Å². The number of hydrogen-bond donors (Lipinski definition) is 1. The number of hydrogen-bond acceptors (Lipinski definition) is 1. The van der Waals surface area contributed by atoms with Crippen molar-refractivity contribution < 1.29 is 0 Å². The van der Waals surface area contributed by atoms with Gasteiger partial charge in [0, 0.05) is 5.54 Å². The van der Waals surface area contributed by atoms with Crippen LogP contribution in [0.3, 0.4) is 0 Å². The van der Waals surface area contributed by atoms with Crippen molar-refractivity contribution in [3.8, 4) is 0 Å². The summed E-state index contributed by atoms with van der Waals surface area (Å²) in [6.45, 7) is 9.65. The van der Waals surface area contributed by atoms with Gasteiger partial charge in [-0.1, -0.05) is 13.8 Å². The summed E-state index contributed by atoms with van der Waals surface area (Å²) in [5, 5.41) is 3.28. The lowest BCUT2D eigenvalue weighted by molar-refractivity contribution is 0.260. The minimum atomic E-state index is 0.472. The standard InChI is InChI=1S/C5H11N.C2H6/c1-5(2)3-4-6-5;1-2/h6H,3-4H2,1-2H3;1-2H3. The van der Waals surface area contributed by atoms with Gasteiger partial charge in [0.15, 0.2) is 0 Å². The van der Waals surface area contributed by atoms with Gasteiger partial charge in [0.25, 0.3) is 0 Å². The second kappa shape index (κ2) is 3.08. The first-order valence-corrected chi connectivity index (χ1v) is 3.46. The molecule has 0 amide bonds. The van der Waals surface area contributed by atoms with E-state index in [9.17, 15) is 0 Å². The second-order valence-corrected chi connectivity index (χ2v) is 2.56. The smallest absolute Gasteiger partial charge is 0.0137 e. The zero-order valence-electron chi connectivity index (χ0n) is 6.41. The first-order valence-electron chi connectivity index (χ1n) is 3.46. The third-order valence-corrected chi connectivity index (χ3v) is 1.35. The molecule has 50 valence electrons. The molecule has 0 aliphatic carbocycles. The topological polar surface area (TPSA) is 12.0 Å². The van der Waals surface area contributed by atoms with E-state index in [2.05, 4.69) is 19.2 Å². The van der Waals surface area contributed by atoms with Crippen LogP contribution in [0.5, 0.6) is 0 Å². The fourth-order valence-electron chi connectivity index (χ4n) is 0.625. The van der Waals surface area contributed by atoms with E-state index in [1.54, 1.807) is 0 Å². The van der Waals surface area contributed by atoms with E-state index in [0.29, 0.717) is 5.54 Å². The molecule has 0 saturated carbocycles. The molecule has 0 unspecified atom stereocenters. The quantitative estimate of drug-likeness (QED) is 0.507. The molecule has 0 radical (unpaired) electrons. The molecule has 0 aromatic heterocycles. The first kappa shape index (κ1) is 7.96. The summed E-state index contributed by atoms with van der Waals surface area (Å²) >= 11 is 0. The Morgan fingerprint density at radius 2 is 1.50 bits per heavy atom. The highest BCUT2D eigenvalue weighted by Crippen LogP contribution is 2.14. The summed E-state index contributed by atoms with van der Waals surface area (Å²) < 4.78 is 0. The molecule has 0 spiro atoms. The molecule has 0 atom stereocenters. The highest BCUT2D eigenvalue weighted by atomic mass is 15.0. The van der Waals surface area contributed by atoms with E-state index >= 15 is 0 Å². The molecular formula is C7H17N. The molecule has 1 saturated heterocycles. The van der Waals surface area contributed by atoms with E-state index in [0.717, 1.165) is 0 Å². The Balaban J connectivity index is 0.000000222. The Kier molecular flexibility index (Phi) is 3.06. The number of rotatable bonds is 0. The van der Waals surface area contributed by atoms with Gasteiger partial charge in [-0.05, 0) is 26.8 Å². The fraction of sp³-hybridized carbons (Fsp3) is 1.00. The highest BCUT2D eigenvalue weighted by Gasteiger charge is 2.23. The van der Waals surface area contributed by atoms with Crippen LogP contribution < -0.4 is 5.32 Å². The van der Waals surface area contributed by atoms with Gasteiger partial charge in [0.05, 0.1) is 0 Å². The Bertz CT molecular complexity index is 51.4. The van der Waals surface area contributed by atoms with Crippen LogP contribution in [0.4, 0.5) is 0 Å². The van der Waals surface area contributed by atoms with Crippen molar-refractivity contribution in [1.29, 1.82) is 0 Å². The predicted molar refractivity (Wildman–Crippen MR) is 38.0 cm³/mol. The first-order chi connectivity index (χ1) is 3.71. The molecule has 1 aliphatic heterocycles. The summed E-state index contributed by atoms with van der Waals surface area (Å²) in [4.78, 5) is 0. The minimum Gasteiger partial charge on any atom is -0.312 e. The van der Waals surface area contributed by atoms with Crippen LogP contribution >= 0.6 is 0 Å². The minimum absolute atomic E-state index is 0.472. The van der Waals surface area contributed by atoms with E-state index in [1.807, 2.05) is 13.8 Å². The molecule has 1 heterocycles. The monoisotopic (exact) mass is 115 g/mol. The van der Waals surface area contributed by atoms with E-state index in [-0.39, 0.29) is 0 Å². The fourth-order valence-corrected chi connectivity index (χ4v) is 0.625. The van der Waals surface area contributed by atoms with Gasteiger partial charge in [0.1, 0.15) is 0 Å². The van der Waals surface area contributed by atoms with Gasteiger partial charge in [-0.3, -0.25) is 0 Å². The second-order valence-electron chi connectivity index (χ2n) is 2.56. The Morgan fingerprint density at radius 3 is 1.50 bits per heavy atom. The van der Waals surface area contributed by atoms with Crippen LogP contribution in [0.1, 0.15) is 34.1 Å². The van der Waals surface area contributed by atoms with Crippen molar-refractivity contribution >= 4 is 0 Å². The van der Waals surface area contributed by atoms with Crippen LogP contribution in [0.2, 0.25) is 0 Å². The zero-order chi connectivity index (χ0) is 6.62. The third-order valence-electron chi connectivity index (χ3n) is 1.35. The maximum absolute atomic E-state index is 3.28. The van der Waals surface area contributed by atoms with Crippen LogP contribution in [0.25, 0.3) is 0 Å². The summed E-state index contributed by atoms with van der Waals surface area (Å²) in [5.41, 5.74) is 0.472. The molecule has 1 rings (SSSR count). The SMILES string of the molecule is CC.CC1(C)CCN1. The van der Waals surface area contributed by atoms with Crippen molar-refractivity contribution in [3.63, 3.8) is 0 Å². The normalized spacial score (nSPS) is 22.5. The van der Waals surface area contributed by atoms with Crippen molar-refractivity contribution in [3.05, 3.63) is 0 Å². The lowest BCUT2D eigenvalue weighted by atomic mass is 9.93. The largest absolute Gasteiger partial charge is 0.312 e. The van der Waals surface area contributed by atoms with E-state index < -0.39 is 0 Å². The summed E-state index contributed by atoms with van der Waals surface area (Å²) in [6, 6.07) is 0. The summed E-state index contributed by atoms with van der Waals surface area (Å²) in [7, 11) is 0. The molecule has 1 heteroatoms. The van der Waals surface area contributed by atoms with Crippen molar-refractivity contribution in [2.24, 2.45) is 0 Å². The van der Waals surface area contributed by atoms with Gasteiger partial charge < -0.3 is 5.32 Å². The molecule has 0 aromatic rings. The molecule has 1 fully saturated rings. The maximum Gasteiger partial charge on any atom is 0.0137 e. The van der Waals surface area contributed by atoms with Crippen molar-refractivity contribution in [2.45, 2.75) is 39.7 Å². The number of nitrogens with one attached hydrogen (secondary N) is 1. The van der Waals surface area contributed by atoms with E-state index in [4.69, 9.17) is 0 Å². The van der Waals surface area contributed by atoms with Crippen LogP contribution in [0, 0.1) is 0 Å². The molecule has 8 heavy (non-hydrogen) atoms. The van der Waals surface area contributed by atoms with Gasteiger partial charge >= 0.3 is 0 Å². The summed E-state index contributed by atoms with van der Waals surface area (Å²) in [5.74, 6) is 0. The Labute approximate surface area is 52.5 Å². The molecule has 1 N–H and O–H groups in total. The van der Waals surface area contributed by atoms with Gasteiger partial charge in [-0.15, -0.1) is 0 Å². The molecule has 0 aromatic carbocycles. The van der Waals surface area contributed by atoms with Gasteiger partial charge in [-0.2, -0.15) is 0 Å². The molecular weight excluding hydrogens is 98.1 g/mol. The average Bonchev–Trinajstić information content (AvgIpc) is 1.69. The third kappa shape index (κ3) is 2.31. The van der Waals surface area contributed by atoms with Gasteiger partial charge in [0.2, 0.25) is 0 Å². The van der Waals surface area contributed by atoms with Crippen LogP contribution in [-0.4, -0.2) is 12.1 Å². The zero-order valence-corrected chi connectivity index (χ0v) is 6.41. The Morgan fingerprint density at radius 1 is 1.25 bits per heavy atom. The molecule has 1 aliphatic rings.